The molecule has 104 valence electrons. The number of nitrogens with zero attached hydrogens (tertiary/aromatic N) is 3. The Morgan fingerprint density at radius 2 is 1.84 bits per heavy atom. The van der Waals surface area contributed by atoms with Crippen LogP contribution in [0.5, 0.6) is 0 Å². The zero-order valence-electron chi connectivity index (χ0n) is 11.6. The Hall–Kier alpha value is -1.13. The number of nitrogens with two attached hydrogens (primary N) is 1. The molecule has 4 heteroatoms. The zero-order chi connectivity index (χ0) is 13.1. The van der Waals surface area contributed by atoms with E-state index in [0.717, 1.165) is 31.4 Å². The van der Waals surface area contributed by atoms with Crippen molar-refractivity contribution in [2.45, 2.75) is 38.3 Å². The molecule has 0 atom stereocenters. The van der Waals surface area contributed by atoms with Gasteiger partial charge in [0.1, 0.15) is 5.82 Å². The van der Waals surface area contributed by atoms with E-state index in [9.17, 15) is 0 Å². The standard InChI is InChI=1S/C15H24N4/c16-15-7-3-4-13(17-15)12-18-8-10-19(11-9-18)14-5-1-2-6-14/h3-4,7,14H,1-2,5-6,8-12H2,(H2,16,17). The van der Waals surface area contributed by atoms with Crippen molar-refractivity contribution in [2.24, 2.45) is 0 Å². The van der Waals surface area contributed by atoms with E-state index in [1.807, 2.05) is 12.1 Å². The van der Waals surface area contributed by atoms with Crippen LogP contribution in [0.2, 0.25) is 0 Å². The highest BCUT2D eigenvalue weighted by Crippen LogP contribution is 2.24. The van der Waals surface area contributed by atoms with Crippen LogP contribution in [0, 0.1) is 0 Å². The van der Waals surface area contributed by atoms with Gasteiger partial charge in [-0.2, -0.15) is 0 Å². The molecule has 1 saturated carbocycles. The van der Waals surface area contributed by atoms with E-state index in [4.69, 9.17) is 5.73 Å². The predicted molar refractivity (Wildman–Crippen MR) is 77.8 cm³/mol. The maximum absolute atomic E-state index is 5.73. The summed E-state index contributed by atoms with van der Waals surface area (Å²) in [6.07, 6.45) is 5.68. The van der Waals surface area contributed by atoms with Gasteiger partial charge in [-0.05, 0) is 25.0 Å². The minimum atomic E-state index is 0.627. The Bertz CT molecular complexity index is 406. The second-order valence-electron chi connectivity index (χ2n) is 5.80. The molecule has 19 heavy (non-hydrogen) atoms. The number of hydrogen-bond acceptors (Lipinski definition) is 4. The van der Waals surface area contributed by atoms with Crippen molar-refractivity contribution in [3.05, 3.63) is 23.9 Å². The number of aromatic nitrogens is 1. The molecule has 0 amide bonds. The summed E-state index contributed by atoms with van der Waals surface area (Å²) in [6.45, 7) is 5.68. The molecule has 2 N–H and O–H groups in total. The molecular weight excluding hydrogens is 236 g/mol. The van der Waals surface area contributed by atoms with Crippen LogP contribution >= 0.6 is 0 Å². The number of nitrogen functional groups attached to an aromatic ring is 1. The second-order valence-corrected chi connectivity index (χ2v) is 5.80. The average Bonchev–Trinajstić information content (AvgIpc) is 2.94. The van der Waals surface area contributed by atoms with E-state index in [-0.39, 0.29) is 0 Å². The molecule has 0 radical (unpaired) electrons. The van der Waals surface area contributed by atoms with E-state index in [0.29, 0.717) is 5.82 Å². The average molecular weight is 260 g/mol. The Morgan fingerprint density at radius 3 is 2.53 bits per heavy atom. The molecule has 1 aromatic rings. The smallest absolute Gasteiger partial charge is 0.123 e. The molecule has 0 bridgehead atoms. The van der Waals surface area contributed by atoms with Gasteiger partial charge >= 0.3 is 0 Å². The highest BCUT2D eigenvalue weighted by atomic mass is 15.3. The van der Waals surface area contributed by atoms with Gasteiger partial charge in [0.05, 0.1) is 5.69 Å². The number of piperazine rings is 1. The molecule has 1 aromatic heterocycles. The van der Waals surface area contributed by atoms with Gasteiger partial charge in [0.2, 0.25) is 0 Å². The van der Waals surface area contributed by atoms with Crippen LogP contribution in [0.1, 0.15) is 31.4 Å². The van der Waals surface area contributed by atoms with Crippen LogP contribution in [-0.4, -0.2) is 47.0 Å². The summed E-state index contributed by atoms with van der Waals surface area (Å²) in [7, 11) is 0. The van der Waals surface area contributed by atoms with Crippen molar-refractivity contribution in [3.63, 3.8) is 0 Å². The zero-order valence-corrected chi connectivity index (χ0v) is 11.6. The molecular formula is C15H24N4. The molecule has 4 nitrogen and oxygen atoms in total. The minimum absolute atomic E-state index is 0.627. The Morgan fingerprint density at radius 1 is 1.11 bits per heavy atom. The summed E-state index contributed by atoms with van der Waals surface area (Å²) in [5.41, 5.74) is 6.82. The normalized spacial score (nSPS) is 22.9. The lowest BCUT2D eigenvalue weighted by molar-refractivity contribution is 0.0930. The van der Waals surface area contributed by atoms with Crippen LogP contribution in [0.3, 0.4) is 0 Å². The van der Waals surface area contributed by atoms with Crippen molar-refractivity contribution in [3.8, 4) is 0 Å². The largest absolute Gasteiger partial charge is 0.384 e. The lowest BCUT2D eigenvalue weighted by Gasteiger charge is -2.37. The number of hydrogen-bond donors (Lipinski definition) is 1. The summed E-state index contributed by atoms with van der Waals surface area (Å²) in [6, 6.07) is 6.78. The quantitative estimate of drug-likeness (QED) is 0.899. The molecule has 2 fully saturated rings. The van der Waals surface area contributed by atoms with Crippen LogP contribution in [0.15, 0.2) is 18.2 Å². The van der Waals surface area contributed by atoms with E-state index in [1.165, 1.54) is 38.8 Å². The third-order valence-electron chi connectivity index (χ3n) is 4.46. The first kappa shape index (κ1) is 12.9. The molecule has 2 heterocycles. The van der Waals surface area contributed by atoms with Crippen molar-refractivity contribution in [2.75, 3.05) is 31.9 Å². The Kier molecular flexibility index (Phi) is 3.99. The monoisotopic (exact) mass is 260 g/mol. The Balaban J connectivity index is 1.50. The summed E-state index contributed by atoms with van der Waals surface area (Å²) in [5, 5.41) is 0. The van der Waals surface area contributed by atoms with Crippen LogP contribution in [-0.2, 0) is 6.54 Å². The topological polar surface area (TPSA) is 45.4 Å². The highest BCUT2D eigenvalue weighted by Gasteiger charge is 2.26. The third kappa shape index (κ3) is 3.25. The maximum Gasteiger partial charge on any atom is 0.123 e. The number of rotatable bonds is 3. The molecule has 2 aliphatic rings. The first-order chi connectivity index (χ1) is 9.31. The van der Waals surface area contributed by atoms with Crippen LogP contribution in [0.4, 0.5) is 5.82 Å². The van der Waals surface area contributed by atoms with Crippen molar-refractivity contribution in [1.29, 1.82) is 0 Å². The molecule has 1 aliphatic heterocycles. The van der Waals surface area contributed by atoms with Gasteiger partial charge in [0.25, 0.3) is 0 Å². The predicted octanol–water partition coefficient (Wildman–Crippen LogP) is 1.72. The Labute approximate surface area is 115 Å². The molecule has 0 spiro atoms. The van der Waals surface area contributed by atoms with E-state index < -0.39 is 0 Å². The fourth-order valence-electron chi connectivity index (χ4n) is 3.37. The third-order valence-corrected chi connectivity index (χ3v) is 4.46. The van der Waals surface area contributed by atoms with Gasteiger partial charge in [0.15, 0.2) is 0 Å². The van der Waals surface area contributed by atoms with Crippen LogP contribution in [0.25, 0.3) is 0 Å². The highest BCUT2D eigenvalue weighted by molar-refractivity contribution is 5.28. The molecule has 1 aliphatic carbocycles. The maximum atomic E-state index is 5.73. The molecule has 3 rings (SSSR count). The first-order valence-electron chi connectivity index (χ1n) is 7.49. The van der Waals surface area contributed by atoms with Gasteiger partial charge in [-0.1, -0.05) is 18.9 Å². The van der Waals surface area contributed by atoms with Gasteiger partial charge in [0, 0.05) is 38.8 Å². The lowest BCUT2D eigenvalue weighted by atomic mass is 10.2. The fraction of sp³-hybridized carbons (Fsp3) is 0.667. The molecule has 0 unspecified atom stereocenters. The van der Waals surface area contributed by atoms with Crippen molar-refractivity contribution in [1.82, 2.24) is 14.8 Å². The van der Waals surface area contributed by atoms with Gasteiger partial charge < -0.3 is 5.73 Å². The lowest BCUT2D eigenvalue weighted by Crippen LogP contribution is -2.49. The summed E-state index contributed by atoms with van der Waals surface area (Å²) in [4.78, 5) is 9.57. The van der Waals surface area contributed by atoms with Crippen LogP contribution < -0.4 is 5.73 Å². The van der Waals surface area contributed by atoms with Crippen molar-refractivity contribution >= 4 is 5.82 Å². The number of anilines is 1. The fourth-order valence-corrected chi connectivity index (χ4v) is 3.37. The van der Waals surface area contributed by atoms with Gasteiger partial charge in [-0.25, -0.2) is 4.98 Å². The van der Waals surface area contributed by atoms with E-state index in [2.05, 4.69) is 20.9 Å². The first-order valence-corrected chi connectivity index (χ1v) is 7.49. The van der Waals surface area contributed by atoms with E-state index in [1.54, 1.807) is 0 Å². The van der Waals surface area contributed by atoms with Gasteiger partial charge in [-0.3, -0.25) is 9.80 Å². The molecule has 1 saturated heterocycles. The summed E-state index contributed by atoms with van der Waals surface area (Å²) in [5.74, 6) is 0.627. The minimum Gasteiger partial charge on any atom is -0.384 e. The summed E-state index contributed by atoms with van der Waals surface area (Å²) < 4.78 is 0. The number of pyridine rings is 1. The SMILES string of the molecule is Nc1cccc(CN2CCN(C3CCCC3)CC2)n1. The molecule has 0 aromatic carbocycles. The van der Waals surface area contributed by atoms with Gasteiger partial charge in [-0.15, -0.1) is 0 Å². The van der Waals surface area contributed by atoms with Crippen molar-refractivity contribution < 1.29 is 0 Å². The second kappa shape index (κ2) is 5.88. The van der Waals surface area contributed by atoms with E-state index >= 15 is 0 Å². The summed E-state index contributed by atoms with van der Waals surface area (Å²) >= 11 is 0.